The van der Waals surface area contributed by atoms with Crippen molar-refractivity contribution in [2.24, 2.45) is 11.5 Å². The van der Waals surface area contributed by atoms with Crippen LogP contribution in [0.25, 0.3) is 11.6 Å². The molecule has 31 heavy (non-hydrogen) atoms. The number of amides is 2. The number of carbonyl (C=O) groups excluding carboxylic acids is 1. The Morgan fingerprint density at radius 1 is 1.29 bits per heavy atom. The van der Waals surface area contributed by atoms with Crippen LogP contribution in [0.4, 0.5) is 10.5 Å². The van der Waals surface area contributed by atoms with Crippen LogP contribution in [0, 0.1) is 0 Å². The molecule has 2 heterocycles. The molecule has 3 rings (SSSR count). The number of anilines is 1. The summed E-state index contributed by atoms with van der Waals surface area (Å²) >= 11 is 0. The molecule has 0 saturated heterocycles. The van der Waals surface area contributed by atoms with Gasteiger partial charge in [-0.3, -0.25) is 4.98 Å². The van der Waals surface area contributed by atoms with Crippen molar-refractivity contribution in [3.05, 3.63) is 65.6 Å². The van der Waals surface area contributed by atoms with E-state index in [0.717, 1.165) is 47.5 Å². The number of aromatic nitrogens is 1. The van der Waals surface area contributed by atoms with E-state index in [0.29, 0.717) is 13.1 Å². The van der Waals surface area contributed by atoms with E-state index in [1.807, 2.05) is 30.4 Å². The molecule has 8 heteroatoms. The van der Waals surface area contributed by atoms with Crippen molar-refractivity contribution < 1.29 is 9.53 Å². The molecule has 1 aliphatic heterocycles. The Labute approximate surface area is 182 Å². The van der Waals surface area contributed by atoms with E-state index in [4.69, 9.17) is 16.2 Å². The second kappa shape index (κ2) is 11.0. The van der Waals surface area contributed by atoms with Crippen molar-refractivity contribution in [2.45, 2.75) is 25.4 Å². The maximum Gasteiger partial charge on any atom is 0.316 e. The molecule has 1 unspecified atom stereocenters. The van der Waals surface area contributed by atoms with E-state index >= 15 is 0 Å². The monoisotopic (exact) mass is 422 g/mol. The molecular weight excluding hydrogens is 392 g/mol. The largest absolute Gasteiger partial charge is 0.497 e. The summed E-state index contributed by atoms with van der Waals surface area (Å²) in [5, 5.41) is 9.07. The lowest BCUT2D eigenvalue weighted by Crippen LogP contribution is -2.45. The van der Waals surface area contributed by atoms with Crippen molar-refractivity contribution in [3.8, 4) is 5.75 Å². The predicted molar refractivity (Wildman–Crippen MR) is 124 cm³/mol. The van der Waals surface area contributed by atoms with Gasteiger partial charge in [0, 0.05) is 24.8 Å². The zero-order chi connectivity index (χ0) is 22.1. The van der Waals surface area contributed by atoms with Gasteiger partial charge in [0.05, 0.1) is 18.5 Å². The quantitative estimate of drug-likeness (QED) is 0.395. The molecule has 1 atom stereocenters. The van der Waals surface area contributed by atoms with E-state index in [-0.39, 0.29) is 12.2 Å². The number of methoxy groups -OCH3 is 1. The third kappa shape index (κ3) is 6.23. The van der Waals surface area contributed by atoms with Crippen molar-refractivity contribution in [3.63, 3.8) is 0 Å². The number of rotatable bonds is 9. The zero-order valence-corrected chi connectivity index (χ0v) is 17.7. The number of unbranched alkanes of at least 4 members (excludes halogenated alkanes) is 1. The zero-order valence-electron chi connectivity index (χ0n) is 17.7. The number of urea groups is 1. The van der Waals surface area contributed by atoms with E-state index in [1.54, 1.807) is 13.3 Å². The van der Waals surface area contributed by atoms with E-state index in [2.05, 4.69) is 33.1 Å². The van der Waals surface area contributed by atoms with Crippen molar-refractivity contribution in [1.29, 1.82) is 0 Å². The normalized spacial score (nSPS) is 15.0. The first-order chi connectivity index (χ1) is 15.1. The number of nitrogens with two attached hydrogens (primary N) is 2. The number of fused-ring (bicyclic) bond motifs is 1. The van der Waals surface area contributed by atoms with Crippen LogP contribution in [0.5, 0.6) is 5.75 Å². The maximum absolute atomic E-state index is 12.2. The fourth-order valence-electron chi connectivity index (χ4n) is 3.31. The third-order valence-electron chi connectivity index (χ3n) is 5.09. The maximum atomic E-state index is 12.2. The molecule has 0 radical (unpaired) electrons. The predicted octanol–water partition coefficient (Wildman–Crippen LogP) is 2.44. The van der Waals surface area contributed by atoms with Gasteiger partial charge in [0.25, 0.3) is 0 Å². The van der Waals surface area contributed by atoms with Gasteiger partial charge in [-0.15, -0.1) is 0 Å². The van der Waals surface area contributed by atoms with Gasteiger partial charge in [0.1, 0.15) is 11.9 Å². The van der Waals surface area contributed by atoms with Gasteiger partial charge in [0.2, 0.25) is 0 Å². The molecule has 0 bridgehead atoms. The van der Waals surface area contributed by atoms with Crippen LogP contribution in [0.1, 0.15) is 29.7 Å². The second-order valence-corrected chi connectivity index (χ2v) is 7.24. The highest BCUT2D eigenvalue weighted by molar-refractivity contribution is 5.78. The summed E-state index contributed by atoms with van der Waals surface area (Å²) in [5.74, 6) is 0.859. The molecular formula is C23H30N6O2. The molecule has 1 aliphatic rings. The van der Waals surface area contributed by atoms with E-state index in [9.17, 15) is 4.79 Å². The first-order valence-electron chi connectivity index (χ1n) is 10.4. The molecule has 164 valence electrons. The van der Waals surface area contributed by atoms with Crippen molar-refractivity contribution in [1.82, 2.24) is 15.6 Å². The molecule has 0 fully saturated rings. The Balaban J connectivity index is 1.40. The highest BCUT2D eigenvalue weighted by Crippen LogP contribution is 2.24. The average molecular weight is 423 g/mol. The van der Waals surface area contributed by atoms with Crippen molar-refractivity contribution >= 4 is 23.4 Å². The number of hydrogen-bond acceptors (Lipinski definition) is 6. The van der Waals surface area contributed by atoms with Crippen molar-refractivity contribution in [2.75, 3.05) is 25.5 Å². The third-order valence-corrected chi connectivity index (χ3v) is 5.09. The van der Waals surface area contributed by atoms with Gasteiger partial charge in [0.15, 0.2) is 0 Å². The standard InChI is InChI=1S/C23H30N6O2/c1-31-19-7-5-16(6-8-19)4-2-3-11-26-23(30)29-22-10-9-20-21(28-22)12-17(15-27-20)18(13-24)14-25/h5-10,12-13,15,22,28H,2-4,11,14,24-25H2,1H3,(H2,26,29,30)/b18-13+. The molecule has 2 amide bonds. The molecule has 7 N–H and O–H groups in total. The number of nitrogens with one attached hydrogen (secondary N) is 3. The van der Waals surface area contributed by atoms with Gasteiger partial charge in [-0.1, -0.05) is 12.1 Å². The van der Waals surface area contributed by atoms with Gasteiger partial charge >= 0.3 is 6.03 Å². The van der Waals surface area contributed by atoms with Gasteiger partial charge < -0.3 is 32.2 Å². The molecule has 8 nitrogen and oxygen atoms in total. The Morgan fingerprint density at radius 3 is 2.81 bits per heavy atom. The number of nitrogens with zero attached hydrogens (tertiary/aromatic N) is 1. The first-order valence-corrected chi connectivity index (χ1v) is 10.4. The van der Waals surface area contributed by atoms with Gasteiger partial charge in [-0.2, -0.15) is 0 Å². The summed E-state index contributed by atoms with van der Waals surface area (Å²) < 4.78 is 5.17. The molecule has 1 aromatic heterocycles. The summed E-state index contributed by atoms with van der Waals surface area (Å²) in [7, 11) is 1.66. The van der Waals surface area contributed by atoms with E-state index in [1.165, 1.54) is 11.8 Å². The molecule has 0 aliphatic carbocycles. The number of aryl methyl sites for hydroxylation is 1. The Morgan fingerprint density at radius 2 is 2.10 bits per heavy atom. The van der Waals surface area contributed by atoms with Gasteiger partial charge in [-0.25, -0.2) is 4.79 Å². The second-order valence-electron chi connectivity index (χ2n) is 7.24. The van der Waals surface area contributed by atoms with E-state index < -0.39 is 0 Å². The van der Waals surface area contributed by atoms with Gasteiger partial charge in [-0.05, 0) is 67.0 Å². The van der Waals surface area contributed by atoms with Crippen LogP contribution in [-0.2, 0) is 6.42 Å². The minimum Gasteiger partial charge on any atom is -0.497 e. The Kier molecular flexibility index (Phi) is 7.89. The summed E-state index contributed by atoms with van der Waals surface area (Å²) in [4.78, 5) is 16.6. The number of carbonyl (C=O) groups is 1. The molecule has 1 aromatic carbocycles. The molecule has 2 aromatic rings. The fraction of sp³-hybridized carbons (Fsp3) is 0.304. The average Bonchev–Trinajstić information content (AvgIpc) is 2.80. The minimum absolute atomic E-state index is 0.219. The molecule has 0 spiro atoms. The number of ether oxygens (including phenoxy) is 1. The van der Waals surface area contributed by atoms with Crippen LogP contribution in [-0.4, -0.2) is 37.4 Å². The lowest BCUT2D eigenvalue weighted by Gasteiger charge is -2.23. The first kappa shape index (κ1) is 22.2. The SMILES string of the molecule is COc1ccc(CCCCNC(=O)NC2C=Cc3ncc(/C(=C/N)CN)cc3N2)cc1. The fourth-order valence-corrected chi connectivity index (χ4v) is 3.31. The lowest BCUT2D eigenvalue weighted by molar-refractivity contribution is 0.239. The van der Waals surface area contributed by atoms with Crippen LogP contribution in [0.15, 0.2) is 48.8 Å². The summed E-state index contributed by atoms with van der Waals surface area (Å²) in [6.07, 6.45) is 9.50. The summed E-state index contributed by atoms with van der Waals surface area (Å²) in [6.45, 7) is 0.942. The number of pyridine rings is 1. The number of benzene rings is 1. The van der Waals surface area contributed by atoms with Crippen LogP contribution in [0.3, 0.4) is 0 Å². The smallest absolute Gasteiger partial charge is 0.316 e. The lowest BCUT2D eigenvalue weighted by atomic mass is 10.1. The van der Waals surface area contributed by atoms with Crippen LogP contribution >= 0.6 is 0 Å². The van der Waals surface area contributed by atoms with Crippen LogP contribution < -0.4 is 32.2 Å². The summed E-state index contributed by atoms with van der Waals surface area (Å²) in [5.41, 5.74) is 15.9. The number of hydrogen-bond donors (Lipinski definition) is 5. The Bertz CT molecular complexity index is 940. The topological polar surface area (TPSA) is 127 Å². The minimum atomic E-state index is -0.327. The summed E-state index contributed by atoms with van der Waals surface area (Å²) in [6, 6.07) is 9.78. The highest BCUT2D eigenvalue weighted by Gasteiger charge is 2.16. The highest BCUT2D eigenvalue weighted by atomic mass is 16.5. The van der Waals surface area contributed by atoms with Crippen LogP contribution in [0.2, 0.25) is 0 Å². The Hall–Kier alpha value is -3.52. The molecule has 0 saturated carbocycles.